The molecule has 1 saturated heterocycles. The van der Waals surface area contributed by atoms with Crippen molar-refractivity contribution >= 4 is 10.0 Å². The first-order valence-corrected chi connectivity index (χ1v) is 7.33. The van der Waals surface area contributed by atoms with Gasteiger partial charge in [-0.3, -0.25) is 0 Å². The van der Waals surface area contributed by atoms with Gasteiger partial charge in [-0.1, -0.05) is 5.16 Å². The van der Waals surface area contributed by atoms with Crippen LogP contribution in [0.2, 0.25) is 0 Å². The molecule has 1 fully saturated rings. The SMILES string of the molecule is Cc1cc(CS(=O)(=O)N[C@@H]2CCCNC2)no1. The average molecular weight is 259 g/mol. The van der Waals surface area contributed by atoms with Crippen LogP contribution in [-0.2, 0) is 15.8 Å². The van der Waals surface area contributed by atoms with Gasteiger partial charge in [0.2, 0.25) is 10.0 Å². The van der Waals surface area contributed by atoms with Crippen molar-refractivity contribution in [3.05, 3.63) is 17.5 Å². The predicted octanol–water partition coefficient (Wildman–Crippen LogP) is 0.154. The van der Waals surface area contributed by atoms with Crippen molar-refractivity contribution in [1.29, 1.82) is 0 Å². The molecule has 7 heteroatoms. The van der Waals surface area contributed by atoms with Gasteiger partial charge < -0.3 is 9.84 Å². The minimum atomic E-state index is -3.33. The van der Waals surface area contributed by atoms with E-state index in [9.17, 15) is 8.42 Å². The van der Waals surface area contributed by atoms with Crippen LogP contribution in [0, 0.1) is 6.92 Å². The molecule has 1 aliphatic heterocycles. The van der Waals surface area contributed by atoms with Gasteiger partial charge in [0.1, 0.15) is 17.2 Å². The fourth-order valence-corrected chi connectivity index (χ4v) is 3.25. The van der Waals surface area contributed by atoms with Crippen LogP contribution in [0.25, 0.3) is 0 Å². The summed E-state index contributed by atoms with van der Waals surface area (Å²) in [6.07, 6.45) is 1.88. The Kier molecular flexibility index (Phi) is 3.80. The number of nitrogens with zero attached hydrogens (tertiary/aromatic N) is 1. The smallest absolute Gasteiger partial charge is 0.217 e. The quantitative estimate of drug-likeness (QED) is 0.804. The summed E-state index contributed by atoms with van der Waals surface area (Å²) in [7, 11) is -3.33. The second kappa shape index (κ2) is 5.16. The van der Waals surface area contributed by atoms with Crippen LogP contribution in [0.3, 0.4) is 0 Å². The molecule has 2 N–H and O–H groups in total. The number of aromatic nitrogens is 1. The molecular weight excluding hydrogens is 242 g/mol. The van der Waals surface area contributed by atoms with E-state index in [1.165, 1.54) is 0 Å². The fourth-order valence-electron chi connectivity index (χ4n) is 1.93. The van der Waals surface area contributed by atoms with Crippen molar-refractivity contribution in [2.75, 3.05) is 13.1 Å². The Balaban J connectivity index is 1.94. The monoisotopic (exact) mass is 259 g/mol. The van der Waals surface area contributed by atoms with Gasteiger partial charge in [-0.25, -0.2) is 13.1 Å². The molecule has 0 amide bonds. The number of aryl methyl sites for hydroxylation is 1. The first kappa shape index (κ1) is 12.5. The standard InChI is InChI=1S/C10H17N3O3S/c1-8-5-10(12-16-8)7-17(14,15)13-9-3-2-4-11-6-9/h5,9,11,13H,2-4,6-7H2,1H3/t9-/m1/s1. The highest BCUT2D eigenvalue weighted by Gasteiger charge is 2.21. The normalized spacial score (nSPS) is 21.6. The van der Waals surface area contributed by atoms with Crippen LogP contribution in [0.1, 0.15) is 24.3 Å². The highest BCUT2D eigenvalue weighted by atomic mass is 32.2. The Labute approximate surface area is 101 Å². The molecule has 0 spiro atoms. The lowest BCUT2D eigenvalue weighted by molar-refractivity contribution is 0.391. The summed E-state index contributed by atoms with van der Waals surface area (Å²) in [5, 5.41) is 6.85. The number of hydrogen-bond acceptors (Lipinski definition) is 5. The largest absolute Gasteiger partial charge is 0.361 e. The minimum Gasteiger partial charge on any atom is -0.361 e. The predicted molar refractivity (Wildman–Crippen MR) is 62.9 cm³/mol. The summed E-state index contributed by atoms with van der Waals surface area (Å²) >= 11 is 0. The second-order valence-electron chi connectivity index (χ2n) is 4.35. The van der Waals surface area contributed by atoms with Crippen LogP contribution < -0.4 is 10.0 Å². The number of hydrogen-bond donors (Lipinski definition) is 2. The van der Waals surface area contributed by atoms with E-state index < -0.39 is 10.0 Å². The third-order valence-corrected chi connectivity index (χ3v) is 4.03. The molecule has 0 saturated carbocycles. The Morgan fingerprint density at radius 2 is 2.47 bits per heavy atom. The van der Waals surface area contributed by atoms with Gasteiger partial charge in [0.05, 0.1) is 0 Å². The molecule has 17 heavy (non-hydrogen) atoms. The molecule has 0 radical (unpaired) electrons. The van der Waals surface area contributed by atoms with E-state index in [1.54, 1.807) is 13.0 Å². The van der Waals surface area contributed by atoms with Gasteiger partial charge in [-0.2, -0.15) is 0 Å². The van der Waals surface area contributed by atoms with E-state index in [4.69, 9.17) is 4.52 Å². The van der Waals surface area contributed by atoms with Gasteiger partial charge in [0, 0.05) is 18.7 Å². The lowest BCUT2D eigenvalue weighted by Crippen LogP contribution is -2.45. The first-order valence-electron chi connectivity index (χ1n) is 5.68. The van der Waals surface area contributed by atoms with Crippen LogP contribution in [0.15, 0.2) is 10.6 Å². The van der Waals surface area contributed by atoms with E-state index in [0.29, 0.717) is 18.0 Å². The molecule has 1 aliphatic rings. The average Bonchev–Trinajstić information content (AvgIpc) is 2.63. The maximum absolute atomic E-state index is 11.9. The Bertz CT molecular complexity index is 463. The number of piperidine rings is 1. The van der Waals surface area contributed by atoms with Crippen molar-refractivity contribution < 1.29 is 12.9 Å². The van der Waals surface area contributed by atoms with E-state index in [0.717, 1.165) is 19.4 Å². The van der Waals surface area contributed by atoms with Crippen LogP contribution in [0.4, 0.5) is 0 Å². The molecule has 0 unspecified atom stereocenters. The maximum Gasteiger partial charge on any atom is 0.217 e. The van der Waals surface area contributed by atoms with Crippen molar-refractivity contribution in [3.8, 4) is 0 Å². The van der Waals surface area contributed by atoms with Crippen LogP contribution in [-0.4, -0.2) is 32.7 Å². The summed E-state index contributed by atoms with van der Waals surface area (Å²) in [6, 6.07) is 1.62. The minimum absolute atomic E-state index is 0.0123. The van der Waals surface area contributed by atoms with Crippen molar-refractivity contribution in [2.45, 2.75) is 31.6 Å². The number of sulfonamides is 1. The van der Waals surface area contributed by atoms with Gasteiger partial charge in [0.25, 0.3) is 0 Å². The highest BCUT2D eigenvalue weighted by molar-refractivity contribution is 7.88. The maximum atomic E-state index is 11.9. The molecule has 0 aliphatic carbocycles. The summed E-state index contributed by atoms with van der Waals surface area (Å²) in [4.78, 5) is 0. The summed E-state index contributed by atoms with van der Waals surface area (Å²) in [5.41, 5.74) is 0.443. The molecule has 0 bridgehead atoms. The highest BCUT2D eigenvalue weighted by Crippen LogP contribution is 2.08. The third kappa shape index (κ3) is 3.79. The second-order valence-corrected chi connectivity index (χ2v) is 6.10. The molecule has 1 aromatic heterocycles. The van der Waals surface area contributed by atoms with E-state index in [2.05, 4.69) is 15.2 Å². The van der Waals surface area contributed by atoms with E-state index in [1.807, 2.05) is 0 Å². The zero-order chi connectivity index (χ0) is 12.3. The molecule has 1 aromatic rings. The fraction of sp³-hybridized carbons (Fsp3) is 0.700. The van der Waals surface area contributed by atoms with E-state index in [-0.39, 0.29) is 11.8 Å². The zero-order valence-electron chi connectivity index (χ0n) is 9.77. The van der Waals surface area contributed by atoms with Crippen molar-refractivity contribution in [2.24, 2.45) is 0 Å². The summed E-state index contributed by atoms with van der Waals surface area (Å²) < 4.78 is 31.2. The number of rotatable bonds is 4. The van der Waals surface area contributed by atoms with E-state index >= 15 is 0 Å². The molecule has 0 aromatic carbocycles. The third-order valence-electron chi connectivity index (χ3n) is 2.66. The van der Waals surface area contributed by atoms with Crippen LogP contribution >= 0.6 is 0 Å². The molecular formula is C10H17N3O3S. The Morgan fingerprint density at radius 3 is 3.06 bits per heavy atom. The molecule has 1 atom stereocenters. The van der Waals surface area contributed by atoms with Crippen molar-refractivity contribution in [3.63, 3.8) is 0 Å². The van der Waals surface area contributed by atoms with Crippen LogP contribution in [0.5, 0.6) is 0 Å². The number of nitrogens with one attached hydrogen (secondary N) is 2. The topological polar surface area (TPSA) is 84.2 Å². The summed E-state index contributed by atoms with van der Waals surface area (Å²) in [6.45, 7) is 3.39. The molecule has 2 rings (SSSR count). The zero-order valence-corrected chi connectivity index (χ0v) is 10.6. The van der Waals surface area contributed by atoms with Gasteiger partial charge in [-0.05, 0) is 26.3 Å². The van der Waals surface area contributed by atoms with Gasteiger partial charge in [0.15, 0.2) is 0 Å². The summed E-state index contributed by atoms with van der Waals surface area (Å²) in [5.74, 6) is 0.496. The van der Waals surface area contributed by atoms with Gasteiger partial charge in [-0.15, -0.1) is 0 Å². The lowest BCUT2D eigenvalue weighted by atomic mass is 10.1. The molecule has 96 valence electrons. The Hall–Kier alpha value is -0.920. The molecule has 2 heterocycles. The molecule has 6 nitrogen and oxygen atoms in total. The lowest BCUT2D eigenvalue weighted by Gasteiger charge is -2.23. The Morgan fingerprint density at radius 1 is 1.65 bits per heavy atom. The first-order chi connectivity index (χ1) is 8.05. The van der Waals surface area contributed by atoms with Gasteiger partial charge >= 0.3 is 0 Å². The van der Waals surface area contributed by atoms with Crippen molar-refractivity contribution in [1.82, 2.24) is 15.2 Å².